The Labute approximate surface area is 91.3 Å². The second-order valence-corrected chi connectivity index (χ2v) is 4.10. The molecule has 0 radical (unpaired) electrons. The number of rotatable bonds is 3. The molecule has 0 aliphatic carbocycles. The van der Waals surface area contributed by atoms with E-state index in [1.54, 1.807) is 0 Å². The summed E-state index contributed by atoms with van der Waals surface area (Å²) in [4.78, 5) is 4.18. The zero-order valence-electron chi connectivity index (χ0n) is 9.53. The van der Waals surface area contributed by atoms with E-state index in [1.807, 2.05) is 12.5 Å². The molecule has 0 fully saturated rings. The average molecular weight is 202 g/mol. The third-order valence-corrected chi connectivity index (χ3v) is 2.85. The average Bonchev–Trinajstić information content (AvgIpc) is 2.58. The molecular weight excluding hydrogens is 184 g/mol. The molecule has 2 nitrogen and oxygen atoms in total. The quantitative estimate of drug-likeness (QED) is 0.730. The van der Waals surface area contributed by atoms with Gasteiger partial charge >= 0.3 is 0 Å². The van der Waals surface area contributed by atoms with Gasteiger partial charge in [0.05, 0.1) is 18.2 Å². The van der Waals surface area contributed by atoms with Crippen molar-refractivity contribution in [3.8, 4) is 0 Å². The molecule has 2 heteroatoms. The van der Waals surface area contributed by atoms with Crippen LogP contribution in [-0.4, -0.2) is 9.55 Å². The molecule has 0 saturated heterocycles. The predicted octanol–water partition coefficient (Wildman–Crippen LogP) is 3.72. The van der Waals surface area contributed by atoms with Crippen LogP contribution in [0.15, 0.2) is 23.7 Å². The molecule has 15 heavy (non-hydrogen) atoms. The molecular formula is C13H18N2. The number of aromatic nitrogens is 2. The third-order valence-electron chi connectivity index (χ3n) is 2.85. The fraction of sp³-hybridized carbons (Fsp3) is 0.462. The second kappa shape index (κ2) is 4.47. The number of fused-ring (bicyclic) bond motifs is 1. The molecule has 0 saturated carbocycles. The third kappa shape index (κ3) is 2.20. The zero-order valence-corrected chi connectivity index (χ0v) is 9.53. The molecule has 0 spiro atoms. The lowest BCUT2D eigenvalue weighted by molar-refractivity contribution is 0.856. The molecule has 0 aromatic carbocycles. The van der Waals surface area contributed by atoms with Gasteiger partial charge in [0.2, 0.25) is 0 Å². The Kier molecular flexibility index (Phi) is 3.05. The normalized spacial score (nSPS) is 15.3. The van der Waals surface area contributed by atoms with Crippen molar-refractivity contribution in [1.82, 2.24) is 9.55 Å². The number of imidazole rings is 1. The van der Waals surface area contributed by atoms with Crippen LogP contribution in [0, 0.1) is 0 Å². The molecule has 2 rings (SSSR count). The monoisotopic (exact) mass is 202 g/mol. The van der Waals surface area contributed by atoms with E-state index in [-0.39, 0.29) is 0 Å². The van der Waals surface area contributed by atoms with E-state index in [4.69, 9.17) is 0 Å². The summed E-state index contributed by atoms with van der Waals surface area (Å²) < 4.78 is 2.13. The largest absolute Gasteiger partial charge is 0.306 e. The Hall–Kier alpha value is -1.31. The maximum atomic E-state index is 4.18. The van der Waals surface area contributed by atoms with Crippen LogP contribution >= 0.6 is 0 Å². The predicted molar refractivity (Wildman–Crippen MR) is 64.3 cm³/mol. The summed E-state index contributed by atoms with van der Waals surface area (Å²) in [7, 11) is 0. The van der Waals surface area contributed by atoms with Crippen molar-refractivity contribution in [3.63, 3.8) is 0 Å². The van der Waals surface area contributed by atoms with Crippen LogP contribution in [0.1, 0.15) is 45.2 Å². The Morgan fingerprint density at radius 1 is 1.33 bits per heavy atom. The van der Waals surface area contributed by atoms with E-state index < -0.39 is 0 Å². The van der Waals surface area contributed by atoms with Gasteiger partial charge in [-0.05, 0) is 30.9 Å². The molecule has 0 atom stereocenters. The summed E-state index contributed by atoms with van der Waals surface area (Å²) in [5.41, 5.74) is 4.23. The summed E-state index contributed by atoms with van der Waals surface area (Å²) in [5.74, 6) is 0. The molecule has 0 unspecified atom stereocenters. The summed E-state index contributed by atoms with van der Waals surface area (Å²) in [5, 5.41) is 0. The van der Waals surface area contributed by atoms with Crippen molar-refractivity contribution < 1.29 is 0 Å². The van der Waals surface area contributed by atoms with E-state index in [9.17, 15) is 0 Å². The fourth-order valence-electron chi connectivity index (χ4n) is 2.03. The lowest BCUT2D eigenvalue weighted by Crippen LogP contribution is -1.88. The van der Waals surface area contributed by atoms with Crippen LogP contribution in [0.2, 0.25) is 0 Å². The van der Waals surface area contributed by atoms with Crippen LogP contribution < -0.4 is 0 Å². The molecule has 0 N–H and O–H groups in total. The van der Waals surface area contributed by atoms with Gasteiger partial charge in [0.25, 0.3) is 0 Å². The van der Waals surface area contributed by atoms with Crippen LogP contribution in [-0.2, 0) is 0 Å². The fourth-order valence-corrected chi connectivity index (χ4v) is 2.03. The molecule has 1 aliphatic heterocycles. The van der Waals surface area contributed by atoms with Crippen molar-refractivity contribution in [3.05, 3.63) is 29.4 Å². The van der Waals surface area contributed by atoms with Crippen molar-refractivity contribution in [2.24, 2.45) is 0 Å². The van der Waals surface area contributed by atoms with Crippen LogP contribution in [0.3, 0.4) is 0 Å². The van der Waals surface area contributed by atoms with E-state index in [2.05, 4.69) is 35.7 Å². The maximum absolute atomic E-state index is 4.18. The van der Waals surface area contributed by atoms with Crippen LogP contribution in [0.25, 0.3) is 12.3 Å². The Balaban J connectivity index is 2.36. The zero-order chi connectivity index (χ0) is 10.7. The SMILES string of the molecule is CCCC1=Cn2cncc2C=C(CC)C1. The first-order valence-electron chi connectivity index (χ1n) is 5.74. The van der Waals surface area contributed by atoms with Gasteiger partial charge in [-0.15, -0.1) is 0 Å². The number of hydrogen-bond donors (Lipinski definition) is 0. The minimum atomic E-state index is 1.13. The lowest BCUT2D eigenvalue weighted by Gasteiger charge is -2.05. The summed E-state index contributed by atoms with van der Waals surface area (Å²) >= 11 is 0. The highest BCUT2D eigenvalue weighted by molar-refractivity contribution is 5.56. The Morgan fingerprint density at radius 2 is 2.20 bits per heavy atom. The maximum Gasteiger partial charge on any atom is 0.0991 e. The first-order valence-corrected chi connectivity index (χ1v) is 5.74. The number of nitrogens with zero attached hydrogens (tertiary/aromatic N) is 2. The van der Waals surface area contributed by atoms with E-state index >= 15 is 0 Å². The topological polar surface area (TPSA) is 17.8 Å². The highest BCUT2D eigenvalue weighted by atomic mass is 15.0. The number of hydrogen-bond acceptors (Lipinski definition) is 1. The highest BCUT2D eigenvalue weighted by Crippen LogP contribution is 2.25. The smallest absolute Gasteiger partial charge is 0.0991 e. The van der Waals surface area contributed by atoms with Crippen LogP contribution in [0.5, 0.6) is 0 Å². The van der Waals surface area contributed by atoms with Crippen molar-refractivity contribution in [2.45, 2.75) is 39.5 Å². The summed E-state index contributed by atoms with van der Waals surface area (Å²) in [6.45, 7) is 4.46. The van der Waals surface area contributed by atoms with Crippen molar-refractivity contribution >= 4 is 12.3 Å². The standard InChI is InChI=1S/C13H18N2/c1-3-5-12-6-11(4-2)7-13-8-14-10-15(13)9-12/h7-10H,3-6H2,1-2H3. The molecule has 1 aromatic heterocycles. The van der Waals surface area contributed by atoms with Crippen molar-refractivity contribution in [2.75, 3.05) is 0 Å². The second-order valence-electron chi connectivity index (χ2n) is 4.10. The highest BCUT2D eigenvalue weighted by Gasteiger charge is 2.08. The van der Waals surface area contributed by atoms with E-state index in [0.29, 0.717) is 0 Å². The Morgan fingerprint density at radius 3 is 2.93 bits per heavy atom. The molecule has 0 bridgehead atoms. The minimum absolute atomic E-state index is 1.13. The molecule has 80 valence electrons. The Bertz CT molecular complexity index is 396. The van der Waals surface area contributed by atoms with Gasteiger partial charge in [-0.1, -0.05) is 25.8 Å². The van der Waals surface area contributed by atoms with E-state index in [1.165, 1.54) is 29.7 Å². The van der Waals surface area contributed by atoms with Crippen LogP contribution in [0.4, 0.5) is 0 Å². The molecule has 1 aliphatic rings. The summed E-state index contributed by atoms with van der Waals surface area (Å²) in [6, 6.07) is 0. The molecule has 0 amide bonds. The van der Waals surface area contributed by atoms with E-state index in [0.717, 1.165) is 12.8 Å². The summed E-state index contributed by atoms with van der Waals surface area (Å²) in [6.07, 6.45) is 13.0. The van der Waals surface area contributed by atoms with Gasteiger partial charge in [0.1, 0.15) is 0 Å². The van der Waals surface area contributed by atoms with Crippen molar-refractivity contribution in [1.29, 1.82) is 0 Å². The van der Waals surface area contributed by atoms with Gasteiger partial charge in [0.15, 0.2) is 0 Å². The van der Waals surface area contributed by atoms with Gasteiger partial charge in [-0.25, -0.2) is 4.98 Å². The lowest BCUT2D eigenvalue weighted by atomic mass is 10.0. The molecule has 2 heterocycles. The van der Waals surface area contributed by atoms with Gasteiger partial charge in [0, 0.05) is 6.20 Å². The van der Waals surface area contributed by atoms with Gasteiger partial charge < -0.3 is 4.57 Å². The van der Waals surface area contributed by atoms with Gasteiger partial charge in [-0.2, -0.15) is 0 Å². The van der Waals surface area contributed by atoms with Gasteiger partial charge in [-0.3, -0.25) is 0 Å². The molecule has 1 aromatic rings. The first-order chi connectivity index (χ1) is 7.33. The first kappa shape index (κ1) is 10.2. The number of allylic oxidation sites excluding steroid dienone is 2. The minimum Gasteiger partial charge on any atom is -0.306 e.